The number of aliphatic hydroxyl groups is 1. The van der Waals surface area contributed by atoms with Crippen LogP contribution in [-0.4, -0.2) is 22.8 Å². The highest BCUT2D eigenvalue weighted by Gasteiger charge is 2.36. The van der Waals surface area contributed by atoms with Gasteiger partial charge in [0.2, 0.25) is 0 Å². The van der Waals surface area contributed by atoms with Crippen LogP contribution in [0.4, 0.5) is 0 Å². The number of aliphatic hydroxyl groups excluding tert-OH is 1. The van der Waals surface area contributed by atoms with Gasteiger partial charge in [-0.25, -0.2) is 0 Å². The summed E-state index contributed by atoms with van der Waals surface area (Å²) in [4.78, 5) is 22.9. The monoisotopic (exact) mass is 238 g/mol. The molecule has 1 fully saturated rings. The molecule has 17 heavy (non-hydrogen) atoms. The molecule has 0 aromatic carbocycles. The van der Waals surface area contributed by atoms with Crippen LogP contribution in [0.2, 0.25) is 0 Å². The van der Waals surface area contributed by atoms with E-state index in [0.29, 0.717) is 6.42 Å². The molecule has 0 aliphatic heterocycles. The number of rotatable bonds is 6. The maximum absolute atomic E-state index is 11.5. The van der Waals surface area contributed by atoms with Crippen molar-refractivity contribution in [2.24, 2.45) is 11.8 Å². The molecule has 0 bridgehead atoms. The van der Waals surface area contributed by atoms with Gasteiger partial charge in [-0.3, -0.25) is 9.59 Å². The molecule has 0 aromatic heterocycles. The highest BCUT2D eigenvalue weighted by Crippen LogP contribution is 2.29. The van der Waals surface area contributed by atoms with Crippen LogP contribution in [0.15, 0.2) is 12.2 Å². The van der Waals surface area contributed by atoms with Gasteiger partial charge in [0.15, 0.2) is 5.78 Å². The van der Waals surface area contributed by atoms with Crippen LogP contribution in [0, 0.1) is 11.8 Å². The van der Waals surface area contributed by atoms with Gasteiger partial charge >= 0.3 is 0 Å². The number of ketones is 2. The van der Waals surface area contributed by atoms with Gasteiger partial charge in [0.25, 0.3) is 0 Å². The Morgan fingerprint density at radius 1 is 1.47 bits per heavy atom. The van der Waals surface area contributed by atoms with E-state index in [0.717, 1.165) is 19.3 Å². The number of carbonyl (C=O) groups excluding carboxylic acids is 2. The lowest BCUT2D eigenvalue weighted by Crippen LogP contribution is -2.16. The first kappa shape index (κ1) is 14.1. The average Bonchev–Trinajstić information content (AvgIpc) is 2.51. The van der Waals surface area contributed by atoms with Gasteiger partial charge in [-0.05, 0) is 12.5 Å². The van der Waals surface area contributed by atoms with Gasteiger partial charge in [-0.1, -0.05) is 32.8 Å². The van der Waals surface area contributed by atoms with Crippen LogP contribution in [0.3, 0.4) is 0 Å². The zero-order chi connectivity index (χ0) is 12.8. The molecule has 0 amide bonds. The summed E-state index contributed by atoms with van der Waals surface area (Å²) in [6.07, 6.45) is 6.52. The largest absolute Gasteiger partial charge is 0.392 e. The molecule has 0 saturated heterocycles. The molecular formula is C14H22O3. The molecule has 1 aliphatic carbocycles. The normalized spacial score (nSPS) is 29.1. The molecule has 0 radical (unpaired) electrons. The molecule has 0 aromatic rings. The highest BCUT2D eigenvalue weighted by atomic mass is 16.3. The lowest BCUT2D eigenvalue weighted by atomic mass is 9.95. The van der Waals surface area contributed by atoms with Gasteiger partial charge < -0.3 is 5.11 Å². The number of carbonyl (C=O) groups is 2. The van der Waals surface area contributed by atoms with Crippen LogP contribution in [0.1, 0.15) is 46.0 Å². The number of hydrogen-bond acceptors (Lipinski definition) is 3. The summed E-state index contributed by atoms with van der Waals surface area (Å²) < 4.78 is 0. The minimum absolute atomic E-state index is 0.0885. The van der Waals surface area contributed by atoms with Crippen molar-refractivity contribution in [1.82, 2.24) is 0 Å². The zero-order valence-corrected chi connectivity index (χ0v) is 10.7. The van der Waals surface area contributed by atoms with Gasteiger partial charge in [-0.15, -0.1) is 0 Å². The van der Waals surface area contributed by atoms with Crippen molar-refractivity contribution in [3.63, 3.8) is 0 Å². The van der Waals surface area contributed by atoms with E-state index in [1.807, 2.05) is 6.92 Å². The Labute approximate surface area is 103 Å². The number of Topliss-reactive ketones (excluding diaryl/α,β-unsaturated/α-hetero) is 1. The number of hydrogen-bond donors (Lipinski definition) is 1. The number of unbranched alkanes of at least 4 members (excludes halogenated alkanes) is 2. The smallest absolute Gasteiger partial charge is 0.155 e. The molecule has 0 spiro atoms. The fourth-order valence-electron chi connectivity index (χ4n) is 2.22. The Hall–Kier alpha value is -0.960. The van der Waals surface area contributed by atoms with E-state index >= 15 is 0 Å². The molecule has 3 heteroatoms. The number of allylic oxidation sites excluding steroid dienone is 1. The van der Waals surface area contributed by atoms with Crippen LogP contribution in [0.25, 0.3) is 0 Å². The van der Waals surface area contributed by atoms with Crippen LogP contribution in [-0.2, 0) is 9.59 Å². The van der Waals surface area contributed by atoms with Gasteiger partial charge in [0, 0.05) is 24.7 Å². The summed E-state index contributed by atoms with van der Waals surface area (Å²) in [5.41, 5.74) is 0. The van der Waals surface area contributed by atoms with E-state index in [-0.39, 0.29) is 29.8 Å². The van der Waals surface area contributed by atoms with E-state index in [2.05, 4.69) is 6.92 Å². The van der Waals surface area contributed by atoms with Gasteiger partial charge in [-0.2, -0.15) is 0 Å². The predicted octanol–water partition coefficient (Wildman–Crippen LogP) is 2.28. The third-order valence-electron chi connectivity index (χ3n) is 3.47. The Morgan fingerprint density at radius 3 is 2.71 bits per heavy atom. The summed E-state index contributed by atoms with van der Waals surface area (Å²) in [7, 11) is 0. The second kappa shape index (κ2) is 6.70. The molecule has 3 nitrogen and oxygen atoms in total. The van der Waals surface area contributed by atoms with Crippen molar-refractivity contribution in [1.29, 1.82) is 0 Å². The maximum atomic E-state index is 11.5. The Morgan fingerprint density at radius 2 is 2.18 bits per heavy atom. The topological polar surface area (TPSA) is 54.4 Å². The third-order valence-corrected chi connectivity index (χ3v) is 3.47. The van der Waals surface area contributed by atoms with E-state index in [1.165, 1.54) is 0 Å². The second-order valence-corrected chi connectivity index (χ2v) is 4.89. The lowest BCUT2D eigenvalue weighted by molar-refractivity contribution is -0.120. The standard InChI is InChI=1S/C14H22O3/c1-3-4-5-6-11(15)7-8-12-10(2)13(16)9-14(12)17/h7-8,10,12,14,17H,3-6,9H2,1-2H3/b8-7+/t10?,12-,14?/m1/s1. The van der Waals surface area contributed by atoms with E-state index in [4.69, 9.17) is 0 Å². The van der Waals surface area contributed by atoms with Crippen LogP contribution in [0.5, 0.6) is 0 Å². The molecule has 96 valence electrons. The molecule has 1 saturated carbocycles. The van der Waals surface area contributed by atoms with Crippen molar-refractivity contribution >= 4 is 11.6 Å². The molecule has 3 atom stereocenters. The summed E-state index contributed by atoms with van der Waals surface area (Å²) in [6, 6.07) is 0. The van der Waals surface area contributed by atoms with Gasteiger partial charge in [0.05, 0.1) is 6.10 Å². The first-order chi connectivity index (χ1) is 8.06. The zero-order valence-electron chi connectivity index (χ0n) is 10.7. The van der Waals surface area contributed by atoms with Crippen molar-refractivity contribution < 1.29 is 14.7 Å². The van der Waals surface area contributed by atoms with Crippen molar-refractivity contribution in [2.75, 3.05) is 0 Å². The van der Waals surface area contributed by atoms with E-state index in [1.54, 1.807) is 12.2 Å². The molecule has 1 aliphatic rings. The van der Waals surface area contributed by atoms with Crippen molar-refractivity contribution in [2.45, 2.75) is 52.1 Å². The first-order valence-electron chi connectivity index (χ1n) is 6.48. The predicted molar refractivity (Wildman–Crippen MR) is 66.6 cm³/mol. The van der Waals surface area contributed by atoms with E-state index in [9.17, 15) is 14.7 Å². The Bertz CT molecular complexity index is 307. The fourth-order valence-corrected chi connectivity index (χ4v) is 2.22. The Kier molecular flexibility index (Phi) is 5.56. The molecule has 1 N–H and O–H groups in total. The SMILES string of the molecule is CCCCCC(=O)/C=C/[C@H]1C(O)CC(=O)C1C. The molecule has 0 heterocycles. The Balaban J connectivity index is 2.42. The van der Waals surface area contributed by atoms with Gasteiger partial charge in [0.1, 0.15) is 5.78 Å². The average molecular weight is 238 g/mol. The minimum Gasteiger partial charge on any atom is -0.392 e. The maximum Gasteiger partial charge on any atom is 0.155 e. The molecular weight excluding hydrogens is 216 g/mol. The summed E-state index contributed by atoms with van der Waals surface area (Å²) in [5.74, 6) is -0.162. The minimum atomic E-state index is -0.614. The quantitative estimate of drug-likeness (QED) is 0.570. The summed E-state index contributed by atoms with van der Waals surface area (Å²) in [6.45, 7) is 3.91. The lowest BCUT2D eigenvalue weighted by Gasteiger charge is -2.12. The van der Waals surface area contributed by atoms with Crippen LogP contribution < -0.4 is 0 Å². The third kappa shape index (κ3) is 4.08. The second-order valence-electron chi connectivity index (χ2n) is 4.89. The summed E-state index contributed by atoms with van der Waals surface area (Å²) in [5, 5.41) is 9.67. The fraction of sp³-hybridized carbons (Fsp3) is 0.714. The van der Waals surface area contributed by atoms with Crippen molar-refractivity contribution in [3.05, 3.63) is 12.2 Å². The summed E-state index contributed by atoms with van der Waals surface area (Å²) >= 11 is 0. The van der Waals surface area contributed by atoms with Crippen LogP contribution >= 0.6 is 0 Å². The van der Waals surface area contributed by atoms with Crippen molar-refractivity contribution in [3.8, 4) is 0 Å². The molecule has 1 rings (SSSR count). The first-order valence-corrected chi connectivity index (χ1v) is 6.48. The highest BCUT2D eigenvalue weighted by molar-refractivity contribution is 5.90. The molecule has 2 unspecified atom stereocenters. The van der Waals surface area contributed by atoms with E-state index < -0.39 is 6.10 Å².